The molecule has 0 aromatic rings. The maximum Gasteiger partial charge on any atom is 0.315 e. The molecule has 0 aromatic heterocycles. The molecular weight excluding hydrogens is 420 g/mol. The van der Waals surface area contributed by atoms with Crippen molar-refractivity contribution in [2.24, 2.45) is 5.11 Å². The van der Waals surface area contributed by atoms with Crippen LogP contribution in [0.25, 0.3) is 10.4 Å². The first kappa shape index (κ1) is 27.9. The minimum Gasteiger partial charge on any atom is -0.379 e. The number of amides is 3. The van der Waals surface area contributed by atoms with E-state index in [1.54, 1.807) is 0 Å². The Morgan fingerprint density at radius 3 is 2.19 bits per heavy atom. The molecule has 1 fully saturated rings. The van der Waals surface area contributed by atoms with Crippen LogP contribution in [0.15, 0.2) is 5.11 Å². The summed E-state index contributed by atoms with van der Waals surface area (Å²) in [6, 6.07) is 0.257. The van der Waals surface area contributed by atoms with Crippen LogP contribution in [0.5, 0.6) is 0 Å². The standard InChI is InChI=1S/C20H38N6O6/c1-17-18(25-20(28)24-17)5-3-2-4-6-19(27)22-7-9-29-11-13-31-15-16-32-14-12-30-10-8-23-26-21/h17-18H,2-16H2,1H3,(H,22,27)(H2,24,25,28). The van der Waals surface area contributed by atoms with Crippen LogP contribution in [0, 0.1) is 0 Å². The number of nitrogens with zero attached hydrogens (tertiary/aromatic N) is 3. The number of nitrogens with one attached hydrogen (secondary N) is 3. The van der Waals surface area contributed by atoms with Gasteiger partial charge in [0.15, 0.2) is 0 Å². The first-order valence-corrected chi connectivity index (χ1v) is 11.3. The minimum absolute atomic E-state index is 0.0352. The number of carbonyl (C=O) groups excluding carboxylic acids is 2. The molecule has 0 aromatic carbocycles. The van der Waals surface area contributed by atoms with Crippen molar-refractivity contribution in [3.05, 3.63) is 10.4 Å². The van der Waals surface area contributed by atoms with Gasteiger partial charge in [0, 0.05) is 30.5 Å². The molecule has 2 atom stereocenters. The van der Waals surface area contributed by atoms with E-state index in [-0.39, 0.29) is 24.0 Å². The Balaban J connectivity index is 1.75. The Morgan fingerprint density at radius 2 is 1.59 bits per heavy atom. The normalized spacial score (nSPS) is 17.5. The fourth-order valence-electron chi connectivity index (χ4n) is 3.05. The van der Waals surface area contributed by atoms with Gasteiger partial charge in [-0.1, -0.05) is 18.0 Å². The van der Waals surface area contributed by atoms with Crippen LogP contribution in [0.2, 0.25) is 0 Å². The highest BCUT2D eigenvalue weighted by molar-refractivity contribution is 5.77. The molecular formula is C20H38N6O6. The second kappa shape index (κ2) is 19.6. The average molecular weight is 459 g/mol. The van der Waals surface area contributed by atoms with Crippen LogP contribution in [-0.2, 0) is 23.7 Å². The summed E-state index contributed by atoms with van der Waals surface area (Å²) in [6.07, 6.45) is 4.23. The van der Waals surface area contributed by atoms with E-state index in [4.69, 9.17) is 24.5 Å². The van der Waals surface area contributed by atoms with Crippen molar-refractivity contribution in [2.45, 2.75) is 51.1 Å². The SMILES string of the molecule is CC1NC(=O)NC1CCCCCC(=O)NCCOCCOCCOCCOCCN=[N+]=[N-]. The smallest absolute Gasteiger partial charge is 0.315 e. The molecule has 1 saturated heterocycles. The third-order valence-electron chi connectivity index (χ3n) is 4.78. The maximum atomic E-state index is 11.8. The van der Waals surface area contributed by atoms with Crippen LogP contribution in [0.4, 0.5) is 4.79 Å². The van der Waals surface area contributed by atoms with Crippen molar-refractivity contribution < 1.29 is 28.5 Å². The van der Waals surface area contributed by atoms with Gasteiger partial charge in [0.2, 0.25) is 5.91 Å². The number of hydrogen-bond donors (Lipinski definition) is 3. The van der Waals surface area contributed by atoms with E-state index in [1.165, 1.54) is 0 Å². The lowest BCUT2D eigenvalue weighted by atomic mass is 10.0. The number of azide groups is 1. The Morgan fingerprint density at radius 1 is 0.969 bits per heavy atom. The van der Waals surface area contributed by atoms with E-state index >= 15 is 0 Å². The minimum atomic E-state index is -0.0944. The number of ether oxygens (including phenoxy) is 4. The van der Waals surface area contributed by atoms with Gasteiger partial charge in [0.1, 0.15) is 0 Å². The maximum absolute atomic E-state index is 11.8. The molecule has 1 heterocycles. The Bertz CT molecular complexity index is 561. The lowest BCUT2D eigenvalue weighted by Gasteiger charge is -2.13. The molecule has 32 heavy (non-hydrogen) atoms. The predicted octanol–water partition coefficient (Wildman–Crippen LogP) is 1.50. The molecule has 12 nitrogen and oxygen atoms in total. The van der Waals surface area contributed by atoms with Crippen LogP contribution < -0.4 is 16.0 Å². The molecule has 0 spiro atoms. The second-order valence-electron chi connectivity index (χ2n) is 7.37. The summed E-state index contributed by atoms with van der Waals surface area (Å²) in [5.41, 5.74) is 8.10. The zero-order valence-corrected chi connectivity index (χ0v) is 19.1. The monoisotopic (exact) mass is 458 g/mol. The molecule has 2 unspecified atom stereocenters. The van der Waals surface area contributed by atoms with Gasteiger partial charge in [-0.2, -0.15) is 0 Å². The van der Waals surface area contributed by atoms with Gasteiger partial charge in [0.05, 0.1) is 58.9 Å². The van der Waals surface area contributed by atoms with E-state index in [0.717, 1.165) is 25.7 Å². The first-order chi connectivity index (χ1) is 15.6. The van der Waals surface area contributed by atoms with Crippen LogP contribution in [0.1, 0.15) is 39.0 Å². The van der Waals surface area contributed by atoms with Gasteiger partial charge in [-0.05, 0) is 25.3 Å². The quantitative estimate of drug-likeness (QED) is 0.102. The molecule has 3 N–H and O–H groups in total. The molecule has 12 heteroatoms. The van der Waals surface area contributed by atoms with Crippen LogP contribution in [0.3, 0.4) is 0 Å². The summed E-state index contributed by atoms with van der Waals surface area (Å²) in [5.74, 6) is 0.0352. The second-order valence-corrected chi connectivity index (χ2v) is 7.37. The van der Waals surface area contributed by atoms with Crippen molar-refractivity contribution in [3.63, 3.8) is 0 Å². The van der Waals surface area contributed by atoms with E-state index in [0.29, 0.717) is 72.4 Å². The van der Waals surface area contributed by atoms with Gasteiger partial charge in [-0.25, -0.2) is 4.79 Å². The van der Waals surface area contributed by atoms with Crippen molar-refractivity contribution in [1.82, 2.24) is 16.0 Å². The molecule has 3 amide bonds. The Kier molecular flexibility index (Phi) is 17.1. The lowest BCUT2D eigenvalue weighted by molar-refractivity contribution is -0.121. The van der Waals surface area contributed by atoms with Crippen molar-refractivity contribution in [2.75, 3.05) is 65.9 Å². The van der Waals surface area contributed by atoms with Crippen LogP contribution >= 0.6 is 0 Å². The topological polar surface area (TPSA) is 156 Å². The van der Waals surface area contributed by atoms with Gasteiger partial charge in [-0.3, -0.25) is 4.79 Å². The number of urea groups is 1. The van der Waals surface area contributed by atoms with E-state index < -0.39 is 0 Å². The number of unbranched alkanes of at least 4 members (excludes halogenated alkanes) is 2. The summed E-state index contributed by atoms with van der Waals surface area (Å²) < 4.78 is 21.3. The number of rotatable bonds is 21. The highest BCUT2D eigenvalue weighted by Crippen LogP contribution is 2.11. The zero-order chi connectivity index (χ0) is 23.3. The largest absolute Gasteiger partial charge is 0.379 e. The van der Waals surface area contributed by atoms with Crippen LogP contribution in [-0.4, -0.2) is 90.0 Å². The lowest BCUT2D eigenvalue weighted by Crippen LogP contribution is -2.30. The number of carbonyl (C=O) groups is 2. The highest BCUT2D eigenvalue weighted by Gasteiger charge is 2.26. The molecule has 0 radical (unpaired) electrons. The first-order valence-electron chi connectivity index (χ1n) is 11.3. The fourth-order valence-corrected chi connectivity index (χ4v) is 3.05. The molecule has 184 valence electrons. The average Bonchev–Trinajstić information content (AvgIpc) is 3.10. The number of hydrogen-bond acceptors (Lipinski definition) is 7. The molecule has 1 aliphatic heterocycles. The van der Waals surface area contributed by atoms with Gasteiger partial charge >= 0.3 is 6.03 Å². The summed E-state index contributed by atoms with van der Waals surface area (Å²) in [6.45, 7) is 6.44. The van der Waals surface area contributed by atoms with Crippen molar-refractivity contribution in [1.29, 1.82) is 0 Å². The summed E-state index contributed by atoms with van der Waals surface area (Å²) in [4.78, 5) is 25.7. The molecule has 1 rings (SSSR count). The zero-order valence-electron chi connectivity index (χ0n) is 19.1. The molecule has 0 aliphatic carbocycles. The van der Waals surface area contributed by atoms with E-state index in [2.05, 4.69) is 26.0 Å². The Hall–Kier alpha value is -2.11. The van der Waals surface area contributed by atoms with Crippen molar-refractivity contribution in [3.8, 4) is 0 Å². The third kappa shape index (κ3) is 15.7. The Labute approximate surface area is 189 Å². The van der Waals surface area contributed by atoms with E-state index in [9.17, 15) is 9.59 Å². The van der Waals surface area contributed by atoms with Crippen molar-refractivity contribution >= 4 is 11.9 Å². The summed E-state index contributed by atoms with van der Waals surface area (Å²) >= 11 is 0. The predicted molar refractivity (Wildman–Crippen MR) is 118 cm³/mol. The van der Waals surface area contributed by atoms with Gasteiger partial charge in [-0.15, -0.1) is 0 Å². The molecule has 0 saturated carbocycles. The fraction of sp³-hybridized carbons (Fsp3) is 0.900. The summed E-state index contributed by atoms with van der Waals surface area (Å²) in [5, 5.41) is 11.9. The van der Waals surface area contributed by atoms with Gasteiger partial charge < -0.3 is 34.9 Å². The molecule has 0 bridgehead atoms. The van der Waals surface area contributed by atoms with E-state index in [1.807, 2.05) is 6.92 Å². The highest BCUT2D eigenvalue weighted by atomic mass is 16.6. The molecule has 1 aliphatic rings. The third-order valence-corrected chi connectivity index (χ3v) is 4.78. The summed E-state index contributed by atoms with van der Waals surface area (Å²) in [7, 11) is 0. The van der Waals surface area contributed by atoms with Gasteiger partial charge in [0.25, 0.3) is 0 Å².